The molecule has 11 heteroatoms. The first-order chi connectivity index (χ1) is 16.2. The van der Waals surface area contributed by atoms with Gasteiger partial charge in [-0.15, -0.1) is 23.1 Å². The summed E-state index contributed by atoms with van der Waals surface area (Å²) < 4.78 is 39.7. The molecular weight excluding hydrogens is 485 g/mol. The highest BCUT2D eigenvalue weighted by Gasteiger charge is 2.30. The molecule has 3 N–H and O–H groups in total. The van der Waals surface area contributed by atoms with Gasteiger partial charge in [0, 0.05) is 22.3 Å². The van der Waals surface area contributed by atoms with Crippen LogP contribution in [0.4, 0.5) is 24.5 Å². The lowest BCUT2D eigenvalue weighted by Gasteiger charge is -2.18. The summed E-state index contributed by atoms with van der Waals surface area (Å²) in [7, 11) is 0. The maximum absolute atomic E-state index is 13.0. The average Bonchev–Trinajstić information content (AvgIpc) is 3.24. The van der Waals surface area contributed by atoms with Gasteiger partial charge in [-0.25, -0.2) is 9.97 Å². The number of thiophene rings is 1. The number of rotatable bonds is 6. The minimum absolute atomic E-state index is 0.113. The monoisotopic (exact) mass is 504 g/mol. The molecule has 0 bridgehead atoms. The number of aryl methyl sites for hydroxylation is 1. The van der Waals surface area contributed by atoms with Crippen molar-refractivity contribution >= 4 is 50.6 Å². The molecular formula is C23H19F3N4O2S2. The molecule has 1 unspecified atom stereocenters. The van der Waals surface area contributed by atoms with Gasteiger partial charge in [-0.3, -0.25) is 4.79 Å². The Morgan fingerprint density at radius 1 is 1.18 bits per heavy atom. The van der Waals surface area contributed by atoms with Gasteiger partial charge in [-0.1, -0.05) is 18.2 Å². The van der Waals surface area contributed by atoms with E-state index in [2.05, 4.69) is 20.6 Å². The quantitative estimate of drug-likeness (QED) is 0.167. The van der Waals surface area contributed by atoms with Crippen molar-refractivity contribution in [2.24, 2.45) is 0 Å². The number of aliphatic hydroxyl groups is 1. The number of hydrogen-bond acceptors (Lipinski definition) is 7. The van der Waals surface area contributed by atoms with Crippen molar-refractivity contribution in [1.29, 1.82) is 0 Å². The summed E-state index contributed by atoms with van der Waals surface area (Å²) in [4.78, 5) is 21.4. The van der Waals surface area contributed by atoms with Crippen molar-refractivity contribution in [3.8, 4) is 0 Å². The zero-order chi connectivity index (χ0) is 24.5. The fourth-order valence-electron chi connectivity index (χ4n) is 3.30. The van der Waals surface area contributed by atoms with Crippen LogP contribution in [0.25, 0.3) is 10.2 Å². The molecule has 1 amide bonds. The third kappa shape index (κ3) is 5.01. The van der Waals surface area contributed by atoms with Crippen molar-refractivity contribution in [1.82, 2.24) is 9.97 Å². The van der Waals surface area contributed by atoms with Gasteiger partial charge >= 0.3 is 6.18 Å². The van der Waals surface area contributed by atoms with Gasteiger partial charge in [0.25, 0.3) is 5.91 Å². The number of fused-ring (bicyclic) bond motifs is 1. The van der Waals surface area contributed by atoms with E-state index in [-0.39, 0.29) is 11.6 Å². The number of anilines is 2. The number of nitrogens with zero attached hydrogens (tertiary/aromatic N) is 2. The second kappa shape index (κ2) is 9.61. The number of hydrogen-bond donors (Lipinski definition) is 3. The molecule has 2 heterocycles. The minimum Gasteiger partial charge on any atom is -0.369 e. The third-order valence-corrected chi connectivity index (χ3v) is 6.88. The molecule has 2 aromatic heterocycles. The summed E-state index contributed by atoms with van der Waals surface area (Å²) in [6.45, 7) is 1.80. The van der Waals surface area contributed by atoms with Crippen LogP contribution in [-0.2, 0) is 6.18 Å². The van der Waals surface area contributed by atoms with E-state index in [1.54, 1.807) is 30.5 Å². The number of carbonyl (C=O) groups is 1. The normalized spacial score (nSPS) is 12.5. The van der Waals surface area contributed by atoms with Gasteiger partial charge < -0.3 is 15.7 Å². The van der Waals surface area contributed by atoms with Crippen LogP contribution < -0.4 is 10.6 Å². The van der Waals surface area contributed by atoms with E-state index in [4.69, 9.17) is 0 Å². The number of aliphatic hydroxyl groups excluding tert-OH is 1. The number of alkyl halides is 3. The fraction of sp³-hybridized carbons (Fsp3) is 0.174. The Morgan fingerprint density at radius 2 is 1.97 bits per heavy atom. The highest BCUT2D eigenvalue weighted by molar-refractivity contribution is 7.98. The maximum Gasteiger partial charge on any atom is 0.416 e. The first-order valence-electron chi connectivity index (χ1n) is 9.97. The van der Waals surface area contributed by atoms with Crippen molar-refractivity contribution in [3.63, 3.8) is 0 Å². The predicted molar refractivity (Wildman–Crippen MR) is 128 cm³/mol. The van der Waals surface area contributed by atoms with Gasteiger partial charge in [-0.2, -0.15) is 13.2 Å². The second-order valence-electron chi connectivity index (χ2n) is 7.36. The SMILES string of the molecule is CSc1ncnc2c(C(=O)Nc3cc(C(O)Nc4cccc(C(F)(F)F)c4)ccc3C)csc12. The molecule has 0 saturated carbocycles. The summed E-state index contributed by atoms with van der Waals surface area (Å²) in [6, 6.07) is 9.49. The number of thioether (sulfide) groups is 1. The Balaban J connectivity index is 1.55. The molecule has 34 heavy (non-hydrogen) atoms. The fourth-order valence-corrected chi connectivity index (χ4v) is 5.01. The molecule has 0 aliphatic carbocycles. The molecule has 0 aliphatic rings. The lowest BCUT2D eigenvalue weighted by Crippen LogP contribution is -2.15. The number of nitrogens with one attached hydrogen (secondary N) is 2. The standard InChI is InChI=1S/C23H19F3N4O2S2/c1-12-6-7-13(20(31)29-15-5-3-4-14(9-15)23(24,25)26)8-17(12)30-21(32)16-10-34-19-18(16)27-11-28-22(19)33-2/h3-11,20,29,31H,1-2H3,(H,30,32). The van der Waals surface area contributed by atoms with E-state index in [0.29, 0.717) is 22.3 Å². The van der Waals surface area contributed by atoms with E-state index >= 15 is 0 Å². The van der Waals surface area contributed by atoms with E-state index < -0.39 is 18.0 Å². The minimum atomic E-state index is -4.49. The van der Waals surface area contributed by atoms with Crippen LogP contribution in [0.2, 0.25) is 0 Å². The number of halogens is 3. The molecule has 0 fully saturated rings. The maximum atomic E-state index is 13.0. The smallest absolute Gasteiger partial charge is 0.369 e. The van der Waals surface area contributed by atoms with Gasteiger partial charge in [0.2, 0.25) is 0 Å². The van der Waals surface area contributed by atoms with Crippen LogP contribution in [0, 0.1) is 6.92 Å². The summed E-state index contributed by atoms with van der Waals surface area (Å²) in [5.74, 6) is -0.363. The van der Waals surface area contributed by atoms with Gasteiger partial charge in [0.15, 0.2) is 6.23 Å². The molecule has 4 rings (SSSR count). The number of benzene rings is 2. The summed E-state index contributed by atoms with van der Waals surface area (Å²) in [5, 5.41) is 18.6. The average molecular weight is 505 g/mol. The lowest BCUT2D eigenvalue weighted by molar-refractivity contribution is -0.137. The lowest BCUT2D eigenvalue weighted by atomic mass is 10.1. The number of carbonyl (C=O) groups excluding carboxylic acids is 1. The van der Waals surface area contributed by atoms with Crippen molar-refractivity contribution < 1.29 is 23.1 Å². The molecule has 4 aromatic rings. The van der Waals surface area contributed by atoms with E-state index in [0.717, 1.165) is 27.4 Å². The number of aromatic nitrogens is 2. The highest BCUT2D eigenvalue weighted by Crippen LogP contribution is 2.33. The van der Waals surface area contributed by atoms with Crippen molar-refractivity contribution in [3.05, 3.63) is 76.4 Å². The highest BCUT2D eigenvalue weighted by atomic mass is 32.2. The van der Waals surface area contributed by atoms with Crippen LogP contribution >= 0.6 is 23.1 Å². The molecule has 176 valence electrons. The van der Waals surface area contributed by atoms with Crippen LogP contribution in [0.1, 0.15) is 33.3 Å². The van der Waals surface area contributed by atoms with Crippen molar-refractivity contribution in [2.45, 2.75) is 24.4 Å². The molecule has 2 aromatic carbocycles. The van der Waals surface area contributed by atoms with E-state index in [1.165, 1.54) is 41.6 Å². The largest absolute Gasteiger partial charge is 0.416 e. The Labute approximate surface area is 201 Å². The molecule has 0 saturated heterocycles. The van der Waals surface area contributed by atoms with Crippen molar-refractivity contribution in [2.75, 3.05) is 16.9 Å². The summed E-state index contributed by atoms with van der Waals surface area (Å²) in [5.41, 5.74) is 1.85. The Hall–Kier alpha value is -3.15. The first-order valence-corrected chi connectivity index (χ1v) is 12.1. The molecule has 1 atom stereocenters. The van der Waals surface area contributed by atoms with Gasteiger partial charge in [-0.05, 0) is 43.0 Å². The molecule has 0 spiro atoms. The molecule has 0 radical (unpaired) electrons. The first kappa shape index (κ1) is 24.0. The molecule has 0 aliphatic heterocycles. The second-order valence-corrected chi connectivity index (χ2v) is 9.04. The summed E-state index contributed by atoms with van der Waals surface area (Å²) in [6.07, 6.45) is -2.47. The Kier molecular flexibility index (Phi) is 6.78. The summed E-state index contributed by atoms with van der Waals surface area (Å²) >= 11 is 2.85. The van der Waals surface area contributed by atoms with Crippen LogP contribution in [0.3, 0.4) is 0 Å². The van der Waals surface area contributed by atoms with Gasteiger partial charge in [0.05, 0.1) is 21.3 Å². The zero-order valence-corrected chi connectivity index (χ0v) is 19.6. The van der Waals surface area contributed by atoms with E-state index in [9.17, 15) is 23.1 Å². The van der Waals surface area contributed by atoms with Crippen LogP contribution in [0.15, 0.2) is 59.2 Å². The Morgan fingerprint density at radius 3 is 2.71 bits per heavy atom. The predicted octanol–water partition coefficient (Wildman–Crippen LogP) is 6.10. The van der Waals surface area contributed by atoms with Crippen LogP contribution in [0.5, 0.6) is 0 Å². The Bertz CT molecular complexity index is 1360. The van der Waals surface area contributed by atoms with Gasteiger partial charge in [0.1, 0.15) is 11.4 Å². The third-order valence-electron chi connectivity index (χ3n) is 5.08. The van der Waals surface area contributed by atoms with Crippen LogP contribution in [-0.4, -0.2) is 27.2 Å². The number of amides is 1. The topological polar surface area (TPSA) is 87.1 Å². The van der Waals surface area contributed by atoms with E-state index in [1.807, 2.05) is 6.26 Å². The zero-order valence-electron chi connectivity index (χ0n) is 18.0. The molecule has 6 nitrogen and oxygen atoms in total.